The average Bonchev–Trinajstić information content (AvgIpc) is 2.28. The van der Waals surface area contributed by atoms with Crippen LogP contribution < -0.4 is 0 Å². The van der Waals surface area contributed by atoms with Crippen molar-refractivity contribution in [2.24, 2.45) is 0 Å². The number of rotatable bonds is 2. The first kappa shape index (κ1) is 12.0. The van der Waals surface area contributed by atoms with Crippen LogP contribution in [0.15, 0.2) is 24.3 Å². The number of carboxylic acid groups (broad SMARTS) is 1. The molecule has 2 rings (SSSR count). The molecule has 0 amide bonds. The van der Waals surface area contributed by atoms with Crippen molar-refractivity contribution in [3.63, 3.8) is 0 Å². The summed E-state index contributed by atoms with van der Waals surface area (Å²) in [6.07, 6.45) is 1.64. The molecule has 1 aromatic rings. The lowest BCUT2D eigenvalue weighted by molar-refractivity contribution is -0.0547. The summed E-state index contributed by atoms with van der Waals surface area (Å²) in [7, 11) is 0. The van der Waals surface area contributed by atoms with Crippen molar-refractivity contribution >= 4 is 5.97 Å². The van der Waals surface area contributed by atoms with E-state index in [1.807, 2.05) is 0 Å². The average molecular weight is 240 g/mol. The molecular weight excluding hydrogens is 226 g/mol. The molecule has 1 aromatic carbocycles. The van der Waals surface area contributed by atoms with Gasteiger partial charge in [-0.05, 0) is 30.5 Å². The Balaban J connectivity index is 2.32. The lowest BCUT2D eigenvalue weighted by Gasteiger charge is -2.31. The number of benzene rings is 1. The van der Waals surface area contributed by atoms with Gasteiger partial charge in [-0.1, -0.05) is 18.6 Å². The van der Waals surface area contributed by atoms with Gasteiger partial charge >= 0.3 is 5.97 Å². The third-order valence-corrected chi connectivity index (χ3v) is 3.30. The molecule has 0 saturated heterocycles. The van der Waals surface area contributed by atoms with Gasteiger partial charge in [0.15, 0.2) is 0 Å². The van der Waals surface area contributed by atoms with Crippen molar-refractivity contribution in [3.05, 3.63) is 35.4 Å². The minimum Gasteiger partial charge on any atom is -0.478 e. The highest BCUT2D eigenvalue weighted by Gasteiger charge is 2.42. The summed E-state index contributed by atoms with van der Waals surface area (Å²) in [4.78, 5) is 10.8. The van der Waals surface area contributed by atoms with Crippen molar-refractivity contribution in [1.29, 1.82) is 0 Å². The molecule has 4 heteroatoms. The van der Waals surface area contributed by atoms with Crippen LogP contribution in [0.25, 0.3) is 0 Å². The van der Waals surface area contributed by atoms with Gasteiger partial charge in [0, 0.05) is 12.3 Å². The zero-order chi connectivity index (χ0) is 12.5. The molecule has 0 aliphatic heterocycles. The number of aromatic carboxylic acids is 1. The third kappa shape index (κ3) is 2.46. The van der Waals surface area contributed by atoms with E-state index in [0.29, 0.717) is 18.4 Å². The number of hydrogen-bond donors (Lipinski definition) is 1. The first-order valence-corrected chi connectivity index (χ1v) is 5.72. The predicted molar refractivity (Wildman–Crippen MR) is 59.6 cm³/mol. The fourth-order valence-corrected chi connectivity index (χ4v) is 2.39. The summed E-state index contributed by atoms with van der Waals surface area (Å²) in [6, 6.07) is 5.92. The molecule has 0 aromatic heterocycles. The van der Waals surface area contributed by atoms with Crippen LogP contribution in [0.4, 0.5) is 8.78 Å². The number of halogens is 2. The van der Waals surface area contributed by atoms with E-state index in [-0.39, 0.29) is 12.0 Å². The molecule has 0 radical (unpaired) electrons. The Morgan fingerprint density at radius 1 is 1.35 bits per heavy atom. The standard InChI is InChI=1S/C13H14F2O2/c14-13(15)7-2-1-6-11(13)9-4-3-5-10(8-9)12(16)17/h3-5,8,11H,1-2,6-7H2,(H,16,17). The van der Waals surface area contributed by atoms with Crippen LogP contribution in [0.5, 0.6) is 0 Å². The summed E-state index contributed by atoms with van der Waals surface area (Å²) >= 11 is 0. The van der Waals surface area contributed by atoms with Gasteiger partial charge in [-0.25, -0.2) is 13.6 Å². The van der Waals surface area contributed by atoms with Crippen LogP contribution in [0.1, 0.15) is 47.5 Å². The lowest BCUT2D eigenvalue weighted by Crippen LogP contribution is -2.29. The normalized spacial score (nSPS) is 23.3. The van der Waals surface area contributed by atoms with Gasteiger partial charge in [0.25, 0.3) is 5.92 Å². The quantitative estimate of drug-likeness (QED) is 0.856. The molecule has 0 heterocycles. The highest BCUT2D eigenvalue weighted by Crippen LogP contribution is 2.44. The Morgan fingerprint density at radius 2 is 2.12 bits per heavy atom. The molecular formula is C13H14F2O2. The highest BCUT2D eigenvalue weighted by atomic mass is 19.3. The molecule has 17 heavy (non-hydrogen) atoms. The fourth-order valence-electron chi connectivity index (χ4n) is 2.39. The number of alkyl halides is 2. The molecule has 0 spiro atoms. The Hall–Kier alpha value is -1.45. The highest BCUT2D eigenvalue weighted by molar-refractivity contribution is 5.87. The second-order valence-electron chi connectivity index (χ2n) is 4.49. The van der Waals surface area contributed by atoms with Crippen LogP contribution in [0, 0.1) is 0 Å². The fraction of sp³-hybridized carbons (Fsp3) is 0.462. The largest absolute Gasteiger partial charge is 0.478 e. The maximum absolute atomic E-state index is 13.7. The van der Waals surface area contributed by atoms with E-state index < -0.39 is 17.8 Å². The maximum atomic E-state index is 13.7. The third-order valence-electron chi connectivity index (χ3n) is 3.30. The number of carbonyl (C=O) groups is 1. The van der Waals surface area contributed by atoms with E-state index in [2.05, 4.69) is 0 Å². The molecule has 1 unspecified atom stereocenters. The minimum atomic E-state index is -2.71. The molecule has 1 N–H and O–H groups in total. The molecule has 92 valence electrons. The van der Waals surface area contributed by atoms with Gasteiger partial charge in [-0.3, -0.25) is 0 Å². The Kier molecular flexibility index (Phi) is 3.13. The van der Waals surface area contributed by atoms with Crippen molar-refractivity contribution in [3.8, 4) is 0 Å². The second kappa shape index (κ2) is 4.43. The Morgan fingerprint density at radius 3 is 2.76 bits per heavy atom. The van der Waals surface area contributed by atoms with E-state index in [1.54, 1.807) is 6.07 Å². The maximum Gasteiger partial charge on any atom is 0.335 e. The number of hydrogen-bond acceptors (Lipinski definition) is 1. The van der Waals surface area contributed by atoms with Gasteiger partial charge in [0.05, 0.1) is 5.56 Å². The molecule has 0 bridgehead atoms. The molecule has 1 fully saturated rings. The van der Waals surface area contributed by atoms with Crippen LogP contribution in [0.3, 0.4) is 0 Å². The molecule has 1 atom stereocenters. The summed E-state index contributed by atoms with van der Waals surface area (Å²) in [5.74, 6) is -4.63. The Bertz CT molecular complexity index is 429. The summed E-state index contributed by atoms with van der Waals surface area (Å²) in [5.41, 5.74) is 0.512. The number of carboxylic acids is 1. The lowest BCUT2D eigenvalue weighted by atomic mass is 9.80. The van der Waals surface area contributed by atoms with Crippen LogP contribution >= 0.6 is 0 Å². The summed E-state index contributed by atoms with van der Waals surface area (Å²) in [5, 5.41) is 8.85. The minimum absolute atomic E-state index is 0.0730. The molecule has 2 nitrogen and oxygen atoms in total. The predicted octanol–water partition coefficient (Wildman–Crippen LogP) is 3.68. The van der Waals surface area contributed by atoms with Crippen molar-refractivity contribution in [2.75, 3.05) is 0 Å². The first-order valence-electron chi connectivity index (χ1n) is 5.72. The zero-order valence-corrected chi connectivity index (χ0v) is 9.33. The van der Waals surface area contributed by atoms with Crippen molar-refractivity contribution in [1.82, 2.24) is 0 Å². The van der Waals surface area contributed by atoms with Crippen molar-refractivity contribution < 1.29 is 18.7 Å². The van der Waals surface area contributed by atoms with Gasteiger partial charge in [-0.15, -0.1) is 0 Å². The SMILES string of the molecule is O=C(O)c1cccc(C2CCCCC2(F)F)c1. The summed E-state index contributed by atoms with van der Waals surface area (Å²) < 4.78 is 27.5. The van der Waals surface area contributed by atoms with E-state index in [0.717, 1.165) is 6.42 Å². The van der Waals surface area contributed by atoms with E-state index in [9.17, 15) is 13.6 Å². The smallest absolute Gasteiger partial charge is 0.335 e. The van der Waals surface area contributed by atoms with E-state index in [1.165, 1.54) is 18.2 Å². The molecule has 1 aliphatic rings. The second-order valence-corrected chi connectivity index (χ2v) is 4.49. The van der Waals surface area contributed by atoms with E-state index >= 15 is 0 Å². The van der Waals surface area contributed by atoms with E-state index in [4.69, 9.17) is 5.11 Å². The van der Waals surface area contributed by atoms with Crippen molar-refractivity contribution in [2.45, 2.75) is 37.5 Å². The summed E-state index contributed by atoms with van der Waals surface area (Å²) in [6.45, 7) is 0. The zero-order valence-electron chi connectivity index (χ0n) is 9.33. The van der Waals surface area contributed by atoms with Gasteiger partial charge in [0.1, 0.15) is 0 Å². The van der Waals surface area contributed by atoms with Gasteiger partial charge in [0.2, 0.25) is 0 Å². The Labute approximate surface area is 98.3 Å². The van der Waals surface area contributed by atoms with Crippen LogP contribution in [-0.2, 0) is 0 Å². The van der Waals surface area contributed by atoms with Gasteiger partial charge in [-0.2, -0.15) is 0 Å². The molecule has 1 saturated carbocycles. The monoisotopic (exact) mass is 240 g/mol. The first-order chi connectivity index (χ1) is 8.00. The van der Waals surface area contributed by atoms with Crippen LogP contribution in [0.2, 0.25) is 0 Å². The van der Waals surface area contributed by atoms with Crippen LogP contribution in [-0.4, -0.2) is 17.0 Å². The van der Waals surface area contributed by atoms with Gasteiger partial charge < -0.3 is 5.11 Å². The topological polar surface area (TPSA) is 37.3 Å². The molecule has 1 aliphatic carbocycles.